The van der Waals surface area contributed by atoms with Crippen LogP contribution < -0.4 is 19.6 Å². The smallest absolute Gasteiger partial charge is 0.164 e. The molecule has 0 unspecified atom stereocenters. The minimum atomic E-state index is 0.604. The zero-order valence-electron chi connectivity index (χ0n) is 17.0. The fourth-order valence-electron chi connectivity index (χ4n) is 3.66. The van der Waals surface area contributed by atoms with E-state index in [9.17, 15) is 0 Å². The Morgan fingerprint density at radius 1 is 1.00 bits per heavy atom. The van der Waals surface area contributed by atoms with Gasteiger partial charge < -0.3 is 14.2 Å². The van der Waals surface area contributed by atoms with Crippen molar-refractivity contribution in [2.24, 2.45) is 5.10 Å². The highest BCUT2D eigenvalue weighted by Crippen LogP contribution is 2.38. The van der Waals surface area contributed by atoms with Crippen molar-refractivity contribution in [1.29, 1.82) is 0 Å². The highest BCUT2D eigenvalue weighted by molar-refractivity contribution is 7.19. The Bertz CT molecular complexity index is 1080. The summed E-state index contributed by atoms with van der Waals surface area (Å²) in [6, 6.07) is 3.61. The predicted molar refractivity (Wildman–Crippen MR) is 116 cm³/mol. The number of methoxy groups -OCH3 is 3. The molecule has 2 aromatic heterocycles. The van der Waals surface area contributed by atoms with Gasteiger partial charge in [-0.1, -0.05) is 0 Å². The molecular weight excluding hydrogens is 388 g/mol. The maximum absolute atomic E-state index is 5.46. The number of hydrazone groups is 1. The van der Waals surface area contributed by atoms with E-state index in [1.165, 1.54) is 23.3 Å². The summed E-state index contributed by atoms with van der Waals surface area (Å²) in [7, 11) is 4.81. The predicted octanol–water partition coefficient (Wildman–Crippen LogP) is 4.35. The summed E-state index contributed by atoms with van der Waals surface area (Å²) in [5, 5.41) is 5.54. The van der Waals surface area contributed by atoms with Crippen molar-refractivity contribution in [3.63, 3.8) is 0 Å². The fourth-order valence-corrected chi connectivity index (χ4v) is 4.97. The summed E-state index contributed by atoms with van der Waals surface area (Å²) >= 11 is 1.78. The lowest BCUT2D eigenvalue weighted by Crippen LogP contribution is -2.02. The summed E-state index contributed by atoms with van der Waals surface area (Å²) in [5.74, 6) is 3.35. The molecule has 8 heteroatoms. The van der Waals surface area contributed by atoms with Gasteiger partial charge in [0.15, 0.2) is 17.3 Å². The Labute approximate surface area is 173 Å². The highest BCUT2D eigenvalue weighted by Gasteiger charge is 2.20. The third-order valence-corrected chi connectivity index (χ3v) is 6.22. The number of nitrogens with zero attached hydrogens (tertiary/aromatic N) is 3. The molecule has 4 rings (SSSR count). The van der Waals surface area contributed by atoms with E-state index in [0.717, 1.165) is 40.3 Å². The Balaban J connectivity index is 1.68. The first-order valence-corrected chi connectivity index (χ1v) is 10.3. The molecule has 7 nitrogen and oxygen atoms in total. The number of nitrogens with one attached hydrogen (secondary N) is 1. The summed E-state index contributed by atoms with van der Waals surface area (Å²) in [5.41, 5.74) is 5.27. The molecule has 1 aliphatic carbocycles. The van der Waals surface area contributed by atoms with Gasteiger partial charge in [0.1, 0.15) is 16.4 Å². The molecule has 0 saturated carbocycles. The van der Waals surface area contributed by atoms with E-state index in [-0.39, 0.29) is 0 Å². The van der Waals surface area contributed by atoms with Gasteiger partial charge in [-0.25, -0.2) is 9.97 Å². The topological polar surface area (TPSA) is 77.9 Å². The van der Waals surface area contributed by atoms with Crippen molar-refractivity contribution in [1.82, 2.24) is 9.97 Å². The number of hydrogen-bond donors (Lipinski definition) is 1. The van der Waals surface area contributed by atoms with Gasteiger partial charge in [0.05, 0.1) is 32.9 Å². The van der Waals surface area contributed by atoms with Gasteiger partial charge in [0.25, 0.3) is 0 Å². The number of aromatic nitrogens is 2. The van der Waals surface area contributed by atoms with Gasteiger partial charge in [-0.3, -0.25) is 5.43 Å². The first-order valence-electron chi connectivity index (χ1n) is 9.52. The molecule has 0 amide bonds. The number of thiophene rings is 1. The van der Waals surface area contributed by atoms with E-state index < -0.39 is 0 Å². The highest BCUT2D eigenvalue weighted by atomic mass is 32.1. The standard InChI is InChI=1S/C21H24N4O3S/c1-12-23-20(19-14-7-5-6-8-18(14)29-21(19)24-12)25-22-11-13-9-16(27-3)17(28-4)10-15(13)26-2/h9-11H,5-8H2,1-4H3,(H,23,24,25)/b22-11+. The van der Waals surface area contributed by atoms with Crippen LogP contribution in [0.2, 0.25) is 0 Å². The van der Waals surface area contributed by atoms with Gasteiger partial charge in [-0.15, -0.1) is 11.3 Å². The SMILES string of the molecule is COc1cc(OC)c(OC)cc1/C=N/Nc1nc(C)nc2sc3c(c12)CCCC3. The van der Waals surface area contributed by atoms with Crippen LogP contribution in [-0.4, -0.2) is 37.5 Å². The van der Waals surface area contributed by atoms with Crippen LogP contribution >= 0.6 is 11.3 Å². The quantitative estimate of drug-likeness (QED) is 0.479. The summed E-state index contributed by atoms with van der Waals surface area (Å²) in [4.78, 5) is 11.7. The van der Waals surface area contributed by atoms with E-state index >= 15 is 0 Å². The van der Waals surface area contributed by atoms with Crippen molar-refractivity contribution in [2.75, 3.05) is 26.8 Å². The average molecular weight is 413 g/mol. The number of aryl methyl sites for hydroxylation is 3. The number of anilines is 1. The molecule has 3 aromatic rings. The molecule has 152 valence electrons. The van der Waals surface area contributed by atoms with Crippen molar-refractivity contribution >= 4 is 33.6 Å². The molecule has 0 saturated heterocycles. The van der Waals surface area contributed by atoms with Crippen molar-refractivity contribution in [3.8, 4) is 17.2 Å². The minimum Gasteiger partial charge on any atom is -0.496 e. The van der Waals surface area contributed by atoms with E-state index in [2.05, 4.69) is 20.5 Å². The lowest BCUT2D eigenvalue weighted by Gasteiger charge is -2.12. The Morgan fingerprint density at radius 2 is 1.72 bits per heavy atom. The second-order valence-electron chi connectivity index (χ2n) is 6.83. The van der Waals surface area contributed by atoms with Gasteiger partial charge in [-0.2, -0.15) is 5.10 Å². The first kappa shape index (κ1) is 19.4. The molecule has 0 spiro atoms. The molecule has 0 aliphatic heterocycles. The number of ether oxygens (including phenoxy) is 3. The lowest BCUT2D eigenvalue weighted by atomic mass is 9.97. The maximum atomic E-state index is 5.46. The molecule has 0 fully saturated rings. The van der Waals surface area contributed by atoms with Crippen molar-refractivity contribution in [3.05, 3.63) is 34.0 Å². The van der Waals surface area contributed by atoms with Crippen LogP contribution in [0.1, 0.15) is 34.7 Å². The van der Waals surface area contributed by atoms with Gasteiger partial charge in [0.2, 0.25) is 0 Å². The first-order chi connectivity index (χ1) is 14.1. The summed E-state index contributed by atoms with van der Waals surface area (Å²) < 4.78 is 16.2. The van der Waals surface area contributed by atoms with Gasteiger partial charge >= 0.3 is 0 Å². The minimum absolute atomic E-state index is 0.604. The van der Waals surface area contributed by atoms with Crippen LogP contribution in [0, 0.1) is 6.92 Å². The van der Waals surface area contributed by atoms with Crippen LogP contribution in [0.15, 0.2) is 17.2 Å². The molecule has 1 aliphatic rings. The Morgan fingerprint density at radius 3 is 2.48 bits per heavy atom. The van der Waals surface area contributed by atoms with Crippen LogP contribution in [0.3, 0.4) is 0 Å². The summed E-state index contributed by atoms with van der Waals surface area (Å²) in [6.45, 7) is 1.91. The third-order valence-electron chi connectivity index (χ3n) is 5.04. The number of hydrogen-bond acceptors (Lipinski definition) is 8. The Hall–Kier alpha value is -2.87. The fraction of sp³-hybridized carbons (Fsp3) is 0.381. The van der Waals surface area contributed by atoms with Crippen LogP contribution in [0.4, 0.5) is 5.82 Å². The second-order valence-corrected chi connectivity index (χ2v) is 7.91. The molecule has 1 N–H and O–H groups in total. The Kier molecular flexibility index (Phi) is 5.53. The maximum Gasteiger partial charge on any atom is 0.164 e. The van der Waals surface area contributed by atoms with Gasteiger partial charge in [0, 0.05) is 16.5 Å². The molecule has 0 atom stereocenters. The van der Waals surface area contributed by atoms with Gasteiger partial charge in [-0.05, 0) is 44.2 Å². The zero-order valence-corrected chi connectivity index (χ0v) is 17.9. The summed E-state index contributed by atoms with van der Waals surface area (Å²) in [6.07, 6.45) is 6.35. The lowest BCUT2D eigenvalue weighted by molar-refractivity contribution is 0.349. The average Bonchev–Trinajstić information content (AvgIpc) is 3.11. The van der Waals surface area contributed by atoms with E-state index in [1.807, 2.05) is 13.0 Å². The molecular formula is C21H24N4O3S. The number of rotatable bonds is 6. The van der Waals surface area contributed by atoms with Crippen molar-refractivity contribution < 1.29 is 14.2 Å². The van der Waals surface area contributed by atoms with Crippen LogP contribution in [0.5, 0.6) is 17.2 Å². The van der Waals surface area contributed by atoms with Crippen LogP contribution in [0.25, 0.3) is 10.2 Å². The van der Waals surface area contributed by atoms with E-state index in [4.69, 9.17) is 14.2 Å². The normalized spacial score (nSPS) is 13.5. The van der Waals surface area contributed by atoms with E-state index in [1.54, 1.807) is 44.9 Å². The van der Waals surface area contributed by atoms with Crippen LogP contribution in [-0.2, 0) is 12.8 Å². The molecule has 1 aromatic carbocycles. The zero-order chi connectivity index (χ0) is 20.4. The van der Waals surface area contributed by atoms with E-state index in [0.29, 0.717) is 17.2 Å². The molecule has 0 radical (unpaired) electrons. The number of benzene rings is 1. The largest absolute Gasteiger partial charge is 0.496 e. The molecule has 2 heterocycles. The molecule has 0 bridgehead atoms. The number of fused-ring (bicyclic) bond motifs is 3. The monoisotopic (exact) mass is 412 g/mol. The van der Waals surface area contributed by atoms with Crippen molar-refractivity contribution in [2.45, 2.75) is 32.6 Å². The third kappa shape index (κ3) is 3.72. The second kappa shape index (κ2) is 8.24. The molecule has 29 heavy (non-hydrogen) atoms.